The molecule has 0 unspecified atom stereocenters. The Kier molecular flexibility index (Phi) is 6.52. The van der Waals surface area contributed by atoms with Crippen molar-refractivity contribution in [3.8, 4) is 0 Å². The summed E-state index contributed by atoms with van der Waals surface area (Å²) in [5, 5.41) is 2.79. The second-order valence-electron chi connectivity index (χ2n) is 6.45. The highest BCUT2D eigenvalue weighted by Gasteiger charge is 2.11. The van der Waals surface area contributed by atoms with Gasteiger partial charge in [0.1, 0.15) is 5.69 Å². The van der Waals surface area contributed by atoms with Crippen LogP contribution in [-0.4, -0.2) is 42.5 Å². The molecule has 0 bridgehead atoms. The van der Waals surface area contributed by atoms with Gasteiger partial charge in [-0.15, -0.1) is 0 Å². The summed E-state index contributed by atoms with van der Waals surface area (Å²) < 4.78 is 4.67. The topological polar surface area (TPSA) is 84.4 Å². The van der Waals surface area contributed by atoms with E-state index in [0.29, 0.717) is 16.9 Å². The summed E-state index contributed by atoms with van der Waals surface area (Å²) in [4.78, 5) is 34.3. The average molecular weight is 390 g/mol. The maximum absolute atomic E-state index is 12.6. The van der Waals surface area contributed by atoms with Gasteiger partial charge in [0.2, 0.25) is 0 Å². The van der Waals surface area contributed by atoms with Crippen molar-refractivity contribution in [1.82, 2.24) is 9.97 Å². The van der Waals surface area contributed by atoms with E-state index in [1.54, 1.807) is 48.9 Å². The van der Waals surface area contributed by atoms with Crippen molar-refractivity contribution in [3.05, 3.63) is 83.9 Å². The first-order valence-corrected chi connectivity index (χ1v) is 9.12. The van der Waals surface area contributed by atoms with Gasteiger partial charge in [0.25, 0.3) is 5.91 Å². The smallest absolute Gasteiger partial charge is 0.337 e. The molecule has 0 fully saturated rings. The number of nitrogens with zero attached hydrogens (tertiary/aromatic N) is 3. The Hall–Kier alpha value is -3.74. The van der Waals surface area contributed by atoms with Crippen LogP contribution in [0, 0.1) is 0 Å². The number of methoxy groups -OCH3 is 1. The Labute approximate surface area is 169 Å². The monoisotopic (exact) mass is 390 g/mol. The van der Waals surface area contributed by atoms with E-state index in [-0.39, 0.29) is 5.91 Å². The van der Waals surface area contributed by atoms with Crippen molar-refractivity contribution in [3.63, 3.8) is 0 Å². The zero-order valence-electron chi connectivity index (χ0n) is 16.3. The number of carbonyl (C=O) groups is 2. The summed E-state index contributed by atoms with van der Waals surface area (Å²) in [5.41, 5.74) is 3.41. The van der Waals surface area contributed by atoms with Crippen molar-refractivity contribution < 1.29 is 14.3 Å². The maximum atomic E-state index is 12.6. The summed E-state index contributed by atoms with van der Waals surface area (Å²) in [6, 6.07) is 14.1. The molecule has 7 heteroatoms. The van der Waals surface area contributed by atoms with Crippen LogP contribution in [0.15, 0.2) is 67.1 Å². The highest BCUT2D eigenvalue weighted by atomic mass is 16.5. The van der Waals surface area contributed by atoms with Gasteiger partial charge in [-0.3, -0.25) is 14.8 Å². The molecule has 3 aromatic rings. The number of aromatic nitrogens is 2. The quantitative estimate of drug-likeness (QED) is 0.624. The number of hydrogen-bond donors (Lipinski definition) is 1. The Bertz CT molecular complexity index is 975. The third-order valence-corrected chi connectivity index (χ3v) is 4.47. The molecule has 0 saturated heterocycles. The lowest BCUT2D eigenvalue weighted by Gasteiger charge is -2.19. The molecule has 2 aromatic heterocycles. The van der Waals surface area contributed by atoms with Gasteiger partial charge in [-0.1, -0.05) is 0 Å². The molecule has 0 radical (unpaired) electrons. The Morgan fingerprint density at radius 1 is 1.03 bits per heavy atom. The van der Waals surface area contributed by atoms with E-state index in [4.69, 9.17) is 0 Å². The van der Waals surface area contributed by atoms with E-state index < -0.39 is 5.97 Å². The first-order chi connectivity index (χ1) is 14.1. The standard InChI is InChI=1S/C22H22N4O3/c1-26(14-10-16-7-11-23-12-8-16)19-9-13-24-20(15-19)21(27)25-18-5-3-17(4-6-18)22(28)29-2/h3-9,11-13,15H,10,14H2,1-2H3,(H,25,27). The summed E-state index contributed by atoms with van der Waals surface area (Å²) in [6.45, 7) is 0.796. The molecular formula is C22H22N4O3. The lowest BCUT2D eigenvalue weighted by atomic mass is 10.2. The third kappa shape index (κ3) is 5.38. The SMILES string of the molecule is COC(=O)c1ccc(NC(=O)c2cc(N(C)CCc3ccncc3)ccn2)cc1. The molecule has 0 aliphatic carbocycles. The summed E-state index contributed by atoms with van der Waals surface area (Å²) in [7, 11) is 3.30. The second-order valence-corrected chi connectivity index (χ2v) is 6.45. The van der Waals surface area contributed by atoms with Gasteiger partial charge in [-0.05, 0) is 60.5 Å². The fourth-order valence-electron chi connectivity index (χ4n) is 2.76. The fraction of sp³-hybridized carbons (Fsp3) is 0.182. The molecule has 0 atom stereocenters. The van der Waals surface area contributed by atoms with E-state index in [0.717, 1.165) is 18.7 Å². The number of esters is 1. The van der Waals surface area contributed by atoms with Crippen LogP contribution in [0.25, 0.3) is 0 Å². The van der Waals surface area contributed by atoms with Gasteiger partial charge in [-0.25, -0.2) is 4.79 Å². The molecule has 0 aliphatic heterocycles. The van der Waals surface area contributed by atoms with Gasteiger partial charge in [0.15, 0.2) is 0 Å². The minimum Gasteiger partial charge on any atom is -0.465 e. The van der Waals surface area contributed by atoms with Gasteiger partial charge < -0.3 is 15.0 Å². The number of anilines is 2. The molecule has 1 N–H and O–H groups in total. The first-order valence-electron chi connectivity index (χ1n) is 9.12. The number of ether oxygens (including phenoxy) is 1. The van der Waals surface area contributed by atoms with Gasteiger partial charge in [0, 0.05) is 43.6 Å². The average Bonchev–Trinajstić information content (AvgIpc) is 2.78. The Balaban J connectivity index is 1.63. The molecular weight excluding hydrogens is 368 g/mol. The number of hydrogen-bond acceptors (Lipinski definition) is 6. The van der Waals surface area contributed by atoms with Gasteiger partial charge >= 0.3 is 5.97 Å². The number of likely N-dealkylation sites (N-methyl/N-ethyl adjacent to an activating group) is 1. The van der Waals surface area contributed by atoms with Crippen molar-refractivity contribution in [1.29, 1.82) is 0 Å². The number of pyridine rings is 2. The van der Waals surface area contributed by atoms with E-state index in [9.17, 15) is 9.59 Å². The van der Waals surface area contributed by atoms with Crippen LogP contribution in [0.5, 0.6) is 0 Å². The summed E-state index contributed by atoms with van der Waals surface area (Å²) in [5.74, 6) is -0.743. The van der Waals surface area contributed by atoms with Crippen LogP contribution in [-0.2, 0) is 11.2 Å². The van der Waals surface area contributed by atoms with Gasteiger partial charge in [0.05, 0.1) is 12.7 Å². The Morgan fingerprint density at radius 3 is 2.45 bits per heavy atom. The zero-order chi connectivity index (χ0) is 20.6. The maximum Gasteiger partial charge on any atom is 0.337 e. The zero-order valence-corrected chi connectivity index (χ0v) is 16.3. The molecule has 1 aromatic carbocycles. The van der Waals surface area contributed by atoms with Crippen LogP contribution in [0.2, 0.25) is 0 Å². The number of amides is 1. The fourth-order valence-corrected chi connectivity index (χ4v) is 2.76. The summed E-state index contributed by atoms with van der Waals surface area (Å²) in [6.07, 6.45) is 6.05. The lowest BCUT2D eigenvalue weighted by molar-refractivity contribution is 0.0600. The first kappa shape index (κ1) is 20.0. The van der Waals surface area contributed by atoms with E-state index in [2.05, 4.69) is 24.9 Å². The van der Waals surface area contributed by atoms with Crippen molar-refractivity contribution >= 4 is 23.3 Å². The molecule has 3 rings (SSSR count). The van der Waals surface area contributed by atoms with Crippen molar-refractivity contribution in [2.45, 2.75) is 6.42 Å². The number of carbonyl (C=O) groups excluding carboxylic acids is 2. The van der Waals surface area contributed by atoms with Crippen LogP contribution >= 0.6 is 0 Å². The van der Waals surface area contributed by atoms with E-state index in [1.807, 2.05) is 25.2 Å². The third-order valence-electron chi connectivity index (χ3n) is 4.47. The lowest BCUT2D eigenvalue weighted by Crippen LogP contribution is -2.21. The highest BCUT2D eigenvalue weighted by molar-refractivity contribution is 6.03. The number of rotatable bonds is 7. The van der Waals surface area contributed by atoms with E-state index in [1.165, 1.54) is 12.7 Å². The summed E-state index contributed by atoms with van der Waals surface area (Å²) >= 11 is 0. The second kappa shape index (κ2) is 9.45. The van der Waals surface area contributed by atoms with Crippen LogP contribution in [0.4, 0.5) is 11.4 Å². The van der Waals surface area contributed by atoms with Crippen molar-refractivity contribution in [2.24, 2.45) is 0 Å². The molecule has 1 amide bonds. The number of benzene rings is 1. The Morgan fingerprint density at radius 2 is 1.76 bits per heavy atom. The predicted molar refractivity (Wildman–Crippen MR) is 111 cm³/mol. The number of nitrogens with one attached hydrogen (secondary N) is 1. The molecule has 0 spiro atoms. The minimum absolute atomic E-state index is 0.315. The van der Waals surface area contributed by atoms with Gasteiger partial charge in [-0.2, -0.15) is 0 Å². The molecule has 2 heterocycles. The van der Waals surface area contributed by atoms with Crippen molar-refractivity contribution in [2.75, 3.05) is 30.9 Å². The van der Waals surface area contributed by atoms with Crippen LogP contribution < -0.4 is 10.2 Å². The molecule has 0 aliphatic rings. The molecule has 148 valence electrons. The van der Waals surface area contributed by atoms with E-state index >= 15 is 0 Å². The highest BCUT2D eigenvalue weighted by Crippen LogP contribution is 2.16. The largest absolute Gasteiger partial charge is 0.465 e. The molecule has 7 nitrogen and oxygen atoms in total. The normalized spacial score (nSPS) is 10.3. The van der Waals surface area contributed by atoms with Crippen LogP contribution in [0.3, 0.4) is 0 Å². The van der Waals surface area contributed by atoms with Crippen LogP contribution in [0.1, 0.15) is 26.4 Å². The molecule has 0 saturated carbocycles. The minimum atomic E-state index is -0.424. The molecule has 29 heavy (non-hydrogen) atoms. The predicted octanol–water partition coefficient (Wildman–Crippen LogP) is 3.19.